The van der Waals surface area contributed by atoms with Gasteiger partial charge in [-0.25, -0.2) is 15.0 Å². The lowest BCUT2D eigenvalue weighted by Gasteiger charge is -2.27. The lowest BCUT2D eigenvalue weighted by Crippen LogP contribution is -2.35. The van der Waals surface area contributed by atoms with E-state index in [1.807, 2.05) is 10.6 Å². The van der Waals surface area contributed by atoms with Crippen LogP contribution in [-0.4, -0.2) is 30.2 Å². The lowest BCUT2D eigenvalue weighted by molar-refractivity contribution is -0.126. The minimum atomic E-state index is 0.0362. The van der Waals surface area contributed by atoms with E-state index in [4.69, 9.17) is 23.2 Å². The number of hydrogen-bond donors (Lipinski definition) is 1. The molecule has 0 unspecified atom stereocenters. The Bertz CT molecular complexity index is 1140. The molecule has 1 N–H and O–H groups in total. The highest BCUT2D eigenvalue weighted by Gasteiger charge is 2.28. The number of nitrogens with one attached hydrogen (secondary N) is 1. The third-order valence-corrected chi connectivity index (χ3v) is 6.08. The van der Waals surface area contributed by atoms with Crippen LogP contribution in [-0.2, 0) is 11.3 Å². The molecule has 2 aliphatic carbocycles. The normalized spacial score (nSPS) is 16.3. The van der Waals surface area contributed by atoms with E-state index in [2.05, 4.69) is 38.4 Å². The SMILES string of the molecule is C=C1CC(C(=O)NCc2nccnc2Cl)C1.C=C1CC(c2ncc3c(Cl)nccn23)C1. The van der Waals surface area contributed by atoms with Gasteiger partial charge in [0.15, 0.2) is 10.3 Å². The zero-order valence-corrected chi connectivity index (χ0v) is 18.4. The van der Waals surface area contributed by atoms with Crippen molar-refractivity contribution in [2.75, 3.05) is 0 Å². The standard InChI is InChI=1S/C11H12ClN3O.C11H10ClN3/c1-7-4-8(5-7)11(16)15-6-9-10(12)14-3-2-13-9;1-7-4-8(5-7)11-14-6-9-10(12)13-2-3-15(9)11/h2-3,8H,1,4-6H2,(H,15,16);2-3,6,8H,1,4-5H2. The molecule has 7 nitrogen and oxygen atoms in total. The second-order valence-corrected chi connectivity index (χ2v) is 8.53. The number of fused-ring (bicyclic) bond motifs is 1. The number of halogens is 2. The molecule has 2 aliphatic rings. The highest BCUT2D eigenvalue weighted by molar-refractivity contribution is 6.32. The van der Waals surface area contributed by atoms with Crippen LogP contribution in [0.4, 0.5) is 0 Å². The Morgan fingerprint density at radius 2 is 1.68 bits per heavy atom. The molecule has 3 heterocycles. The topological polar surface area (TPSA) is 85.1 Å². The van der Waals surface area contributed by atoms with Gasteiger partial charge >= 0.3 is 0 Å². The van der Waals surface area contributed by atoms with Crippen molar-refractivity contribution in [2.45, 2.75) is 38.1 Å². The molecule has 2 fully saturated rings. The second-order valence-electron chi connectivity index (χ2n) is 7.81. The number of rotatable bonds is 4. The van der Waals surface area contributed by atoms with Gasteiger partial charge in [-0.2, -0.15) is 0 Å². The fraction of sp³-hybridized carbons (Fsp3) is 0.318. The van der Waals surface area contributed by atoms with E-state index < -0.39 is 0 Å². The Balaban J connectivity index is 0.000000149. The minimum absolute atomic E-state index is 0.0362. The molecule has 0 atom stereocenters. The van der Waals surface area contributed by atoms with Crippen LogP contribution in [0.2, 0.25) is 10.3 Å². The molecule has 3 aromatic rings. The molecule has 5 rings (SSSR count). The predicted molar refractivity (Wildman–Crippen MR) is 120 cm³/mol. The predicted octanol–water partition coefficient (Wildman–Crippen LogP) is 4.53. The Morgan fingerprint density at radius 1 is 1.00 bits per heavy atom. The van der Waals surface area contributed by atoms with Crippen LogP contribution < -0.4 is 5.32 Å². The van der Waals surface area contributed by atoms with E-state index in [0.717, 1.165) is 42.6 Å². The molecular formula is C22H22Cl2N6O. The summed E-state index contributed by atoms with van der Waals surface area (Å²) in [5.74, 6) is 1.68. The average Bonchev–Trinajstić information content (AvgIpc) is 3.14. The Hall–Kier alpha value is -2.77. The summed E-state index contributed by atoms with van der Waals surface area (Å²) < 4.78 is 2.02. The number of aromatic nitrogens is 5. The first-order chi connectivity index (χ1) is 14.9. The van der Waals surface area contributed by atoms with Crippen molar-refractivity contribution < 1.29 is 4.79 Å². The van der Waals surface area contributed by atoms with Crippen LogP contribution in [0.3, 0.4) is 0 Å². The Morgan fingerprint density at radius 3 is 2.35 bits per heavy atom. The zero-order valence-electron chi connectivity index (χ0n) is 16.9. The van der Waals surface area contributed by atoms with Crippen LogP contribution in [0.5, 0.6) is 0 Å². The second kappa shape index (κ2) is 9.16. The Labute approximate surface area is 190 Å². The highest BCUT2D eigenvalue weighted by Crippen LogP contribution is 2.39. The van der Waals surface area contributed by atoms with Crippen molar-refractivity contribution >= 4 is 34.6 Å². The maximum absolute atomic E-state index is 11.6. The molecule has 2 saturated carbocycles. The molecule has 0 spiro atoms. The third-order valence-electron chi connectivity index (χ3n) is 5.47. The molecule has 160 valence electrons. The largest absolute Gasteiger partial charge is 0.350 e. The number of hydrogen-bond acceptors (Lipinski definition) is 5. The molecule has 0 radical (unpaired) electrons. The van der Waals surface area contributed by atoms with Gasteiger partial charge in [-0.3, -0.25) is 14.2 Å². The summed E-state index contributed by atoms with van der Waals surface area (Å²) in [5, 5.41) is 3.64. The van der Waals surface area contributed by atoms with Gasteiger partial charge in [0.25, 0.3) is 0 Å². The van der Waals surface area contributed by atoms with Gasteiger partial charge < -0.3 is 5.32 Å². The van der Waals surface area contributed by atoms with E-state index in [9.17, 15) is 4.79 Å². The van der Waals surface area contributed by atoms with Crippen molar-refractivity contribution in [2.24, 2.45) is 5.92 Å². The summed E-state index contributed by atoms with van der Waals surface area (Å²) >= 11 is 11.8. The third kappa shape index (κ3) is 4.78. The fourth-order valence-electron chi connectivity index (χ4n) is 3.64. The average molecular weight is 457 g/mol. The van der Waals surface area contributed by atoms with Crippen LogP contribution >= 0.6 is 23.2 Å². The summed E-state index contributed by atoms with van der Waals surface area (Å²) in [4.78, 5) is 28.0. The van der Waals surface area contributed by atoms with E-state index in [1.165, 1.54) is 11.8 Å². The van der Waals surface area contributed by atoms with Crippen molar-refractivity contribution in [3.05, 3.63) is 77.1 Å². The van der Waals surface area contributed by atoms with Crippen LogP contribution in [0.15, 0.2) is 55.3 Å². The van der Waals surface area contributed by atoms with E-state index in [1.54, 1.807) is 18.6 Å². The van der Waals surface area contributed by atoms with Crippen molar-refractivity contribution in [3.8, 4) is 0 Å². The first-order valence-corrected chi connectivity index (χ1v) is 10.7. The number of nitrogens with zero attached hydrogens (tertiary/aromatic N) is 5. The van der Waals surface area contributed by atoms with Gasteiger partial charge in [0, 0.05) is 36.6 Å². The van der Waals surface area contributed by atoms with E-state index in [0.29, 0.717) is 28.5 Å². The molecule has 3 aromatic heterocycles. The highest BCUT2D eigenvalue weighted by atomic mass is 35.5. The maximum atomic E-state index is 11.6. The number of allylic oxidation sites excluding steroid dienone is 2. The summed E-state index contributed by atoms with van der Waals surface area (Å²) in [5.41, 5.74) is 3.91. The van der Waals surface area contributed by atoms with Crippen LogP contribution in [0.1, 0.15) is 43.1 Å². The lowest BCUT2D eigenvalue weighted by atomic mass is 9.80. The molecule has 0 saturated heterocycles. The van der Waals surface area contributed by atoms with Crippen molar-refractivity contribution in [1.82, 2.24) is 29.7 Å². The molecule has 9 heteroatoms. The first kappa shape index (κ1) is 21.5. The summed E-state index contributed by atoms with van der Waals surface area (Å²) in [6, 6.07) is 0. The first-order valence-electron chi connectivity index (χ1n) is 9.96. The maximum Gasteiger partial charge on any atom is 0.224 e. The molecule has 0 bridgehead atoms. The van der Waals surface area contributed by atoms with Gasteiger partial charge in [0.2, 0.25) is 5.91 Å². The van der Waals surface area contributed by atoms with Gasteiger partial charge in [0.05, 0.1) is 18.4 Å². The summed E-state index contributed by atoms with van der Waals surface area (Å²) in [6.45, 7) is 8.07. The van der Waals surface area contributed by atoms with Crippen molar-refractivity contribution in [1.29, 1.82) is 0 Å². The fourth-order valence-corrected chi connectivity index (χ4v) is 4.01. The molecule has 1 amide bonds. The number of imidazole rings is 1. The smallest absolute Gasteiger partial charge is 0.224 e. The van der Waals surface area contributed by atoms with Gasteiger partial charge in [-0.05, 0) is 25.7 Å². The van der Waals surface area contributed by atoms with Gasteiger partial charge in [-0.1, -0.05) is 47.5 Å². The van der Waals surface area contributed by atoms with Crippen LogP contribution in [0, 0.1) is 5.92 Å². The quantitative estimate of drug-likeness (QED) is 0.582. The molecule has 31 heavy (non-hydrogen) atoms. The number of carbonyl (C=O) groups is 1. The summed E-state index contributed by atoms with van der Waals surface area (Å²) in [7, 11) is 0. The monoisotopic (exact) mass is 456 g/mol. The zero-order chi connectivity index (χ0) is 22.0. The molecule has 0 aromatic carbocycles. The summed E-state index contributed by atoms with van der Waals surface area (Å²) in [6.07, 6.45) is 12.1. The molecular weight excluding hydrogens is 435 g/mol. The van der Waals surface area contributed by atoms with Crippen LogP contribution in [0.25, 0.3) is 5.52 Å². The van der Waals surface area contributed by atoms with Gasteiger partial charge in [-0.15, -0.1) is 0 Å². The van der Waals surface area contributed by atoms with Gasteiger partial charge in [0.1, 0.15) is 11.3 Å². The van der Waals surface area contributed by atoms with E-state index in [-0.39, 0.29) is 11.8 Å². The van der Waals surface area contributed by atoms with E-state index >= 15 is 0 Å². The Kier molecular flexibility index (Phi) is 6.34. The minimum Gasteiger partial charge on any atom is -0.350 e. The molecule has 0 aliphatic heterocycles. The number of amides is 1. The van der Waals surface area contributed by atoms with Crippen molar-refractivity contribution in [3.63, 3.8) is 0 Å². The number of carbonyl (C=O) groups excluding carboxylic acids is 1.